The minimum absolute atomic E-state index is 0.0327. The lowest BCUT2D eigenvalue weighted by Gasteiger charge is -2.09. The Balaban J connectivity index is 2.11. The monoisotopic (exact) mass is 287 g/mol. The molecule has 2 aromatic rings. The van der Waals surface area contributed by atoms with Gasteiger partial charge in [0.25, 0.3) is 11.4 Å². The number of benzene rings is 2. The molecule has 0 unspecified atom stereocenters. The number of rotatable bonds is 5. The van der Waals surface area contributed by atoms with Crippen molar-refractivity contribution < 1.29 is 9.85 Å². The van der Waals surface area contributed by atoms with Gasteiger partial charge in [-0.1, -0.05) is 18.2 Å². The molecule has 0 spiro atoms. The minimum Gasteiger partial charge on any atom is -0.381 e. The lowest BCUT2D eigenvalue weighted by Crippen LogP contribution is -2.03. The summed E-state index contributed by atoms with van der Waals surface area (Å²) in [5.74, 6) is 0. The first kappa shape index (κ1) is 14.4. The third-order valence-corrected chi connectivity index (χ3v) is 3.13. The molecular formula is C14H13N3O4. The highest BCUT2D eigenvalue weighted by Crippen LogP contribution is 2.25. The number of hydrogen-bond donors (Lipinski definition) is 1. The zero-order valence-electron chi connectivity index (χ0n) is 11.3. The summed E-state index contributed by atoms with van der Waals surface area (Å²) in [6.45, 7) is 2.11. The van der Waals surface area contributed by atoms with Crippen molar-refractivity contribution >= 4 is 17.1 Å². The van der Waals surface area contributed by atoms with E-state index < -0.39 is 9.85 Å². The van der Waals surface area contributed by atoms with E-state index >= 15 is 0 Å². The van der Waals surface area contributed by atoms with Crippen molar-refractivity contribution in [1.29, 1.82) is 0 Å². The Kier molecular flexibility index (Phi) is 4.13. The number of non-ortho nitro benzene ring substituents is 1. The SMILES string of the molecule is Cc1c(NCc2ccc([N+](=O)[O-])cc2)cccc1[N+](=O)[O-]. The lowest BCUT2D eigenvalue weighted by atomic mass is 10.1. The highest BCUT2D eigenvalue weighted by atomic mass is 16.6. The van der Waals surface area contributed by atoms with Gasteiger partial charge in [0.15, 0.2) is 0 Å². The van der Waals surface area contributed by atoms with Crippen LogP contribution in [0.15, 0.2) is 42.5 Å². The van der Waals surface area contributed by atoms with E-state index in [1.165, 1.54) is 18.2 Å². The zero-order chi connectivity index (χ0) is 15.4. The third-order valence-electron chi connectivity index (χ3n) is 3.13. The highest BCUT2D eigenvalue weighted by Gasteiger charge is 2.12. The van der Waals surface area contributed by atoms with E-state index in [-0.39, 0.29) is 11.4 Å². The number of nitrogens with zero attached hydrogens (tertiary/aromatic N) is 2. The molecule has 0 radical (unpaired) electrons. The summed E-state index contributed by atoms with van der Waals surface area (Å²) in [5, 5.41) is 24.5. The number of nitro groups is 2. The first-order valence-electron chi connectivity index (χ1n) is 6.20. The van der Waals surface area contributed by atoms with Gasteiger partial charge in [-0.15, -0.1) is 0 Å². The molecule has 108 valence electrons. The molecule has 2 aromatic carbocycles. The average molecular weight is 287 g/mol. The van der Waals surface area contributed by atoms with Crippen LogP contribution in [0.2, 0.25) is 0 Å². The van der Waals surface area contributed by atoms with Crippen LogP contribution < -0.4 is 5.32 Å². The Hall–Kier alpha value is -2.96. The van der Waals surface area contributed by atoms with Crippen molar-refractivity contribution in [3.8, 4) is 0 Å². The molecule has 0 aliphatic heterocycles. The van der Waals surface area contributed by atoms with E-state index in [1.54, 1.807) is 31.2 Å². The largest absolute Gasteiger partial charge is 0.381 e. The molecule has 0 saturated heterocycles. The molecule has 7 heteroatoms. The van der Waals surface area contributed by atoms with Crippen molar-refractivity contribution in [2.24, 2.45) is 0 Å². The first-order valence-corrected chi connectivity index (χ1v) is 6.20. The second-order valence-electron chi connectivity index (χ2n) is 4.48. The molecule has 7 nitrogen and oxygen atoms in total. The van der Waals surface area contributed by atoms with Crippen LogP contribution in [0.1, 0.15) is 11.1 Å². The van der Waals surface area contributed by atoms with E-state index in [1.807, 2.05) is 0 Å². The molecule has 0 atom stereocenters. The quantitative estimate of drug-likeness (QED) is 0.671. The summed E-state index contributed by atoms with van der Waals surface area (Å²) in [5.41, 5.74) is 2.17. The molecule has 1 N–H and O–H groups in total. The molecule has 0 aliphatic carbocycles. The molecule has 0 amide bonds. The maximum absolute atomic E-state index is 10.9. The molecule has 21 heavy (non-hydrogen) atoms. The summed E-state index contributed by atoms with van der Waals surface area (Å²) in [6.07, 6.45) is 0. The molecule has 0 saturated carbocycles. The van der Waals surface area contributed by atoms with Crippen molar-refractivity contribution in [1.82, 2.24) is 0 Å². The number of hydrogen-bond acceptors (Lipinski definition) is 5. The highest BCUT2D eigenvalue weighted by molar-refractivity contribution is 5.59. The van der Waals surface area contributed by atoms with E-state index in [2.05, 4.69) is 5.32 Å². The smallest absolute Gasteiger partial charge is 0.274 e. The summed E-state index contributed by atoms with van der Waals surface area (Å²) >= 11 is 0. The third kappa shape index (κ3) is 3.33. The van der Waals surface area contributed by atoms with E-state index in [0.29, 0.717) is 17.8 Å². The minimum atomic E-state index is -0.456. The molecule has 0 fully saturated rings. The Morgan fingerprint density at radius 3 is 2.24 bits per heavy atom. The van der Waals surface area contributed by atoms with Gasteiger partial charge in [-0.25, -0.2) is 0 Å². The average Bonchev–Trinajstić information content (AvgIpc) is 2.46. The fraction of sp³-hybridized carbons (Fsp3) is 0.143. The predicted octanol–water partition coefficient (Wildman–Crippen LogP) is 3.42. The fourth-order valence-corrected chi connectivity index (χ4v) is 1.95. The van der Waals surface area contributed by atoms with Gasteiger partial charge < -0.3 is 5.32 Å². The number of nitro benzene ring substituents is 2. The van der Waals surface area contributed by atoms with Crippen LogP contribution in [-0.2, 0) is 6.54 Å². The van der Waals surface area contributed by atoms with Crippen LogP contribution in [0.3, 0.4) is 0 Å². The first-order chi connectivity index (χ1) is 9.99. The standard InChI is InChI=1S/C14H13N3O4/c1-10-13(3-2-4-14(10)17(20)21)15-9-11-5-7-12(8-6-11)16(18)19/h2-8,15H,9H2,1H3. The molecule has 0 bridgehead atoms. The molecule has 0 aromatic heterocycles. The second-order valence-corrected chi connectivity index (χ2v) is 4.48. The second kappa shape index (κ2) is 6.00. The lowest BCUT2D eigenvalue weighted by molar-refractivity contribution is -0.385. The summed E-state index contributed by atoms with van der Waals surface area (Å²) in [7, 11) is 0. The Morgan fingerprint density at radius 1 is 1.00 bits per heavy atom. The van der Waals surface area contributed by atoms with Crippen LogP contribution in [0.25, 0.3) is 0 Å². The van der Waals surface area contributed by atoms with Gasteiger partial charge in [-0.05, 0) is 18.6 Å². The summed E-state index contributed by atoms with van der Waals surface area (Å²) < 4.78 is 0. The Labute approximate surface area is 120 Å². The normalized spacial score (nSPS) is 10.1. The number of nitrogens with one attached hydrogen (secondary N) is 1. The van der Waals surface area contributed by atoms with Gasteiger partial charge >= 0.3 is 0 Å². The van der Waals surface area contributed by atoms with Gasteiger partial charge in [0.1, 0.15) is 0 Å². The maximum Gasteiger partial charge on any atom is 0.274 e. The summed E-state index contributed by atoms with van der Waals surface area (Å²) in [4.78, 5) is 20.5. The van der Waals surface area contributed by atoms with Crippen molar-refractivity contribution in [2.75, 3.05) is 5.32 Å². The summed E-state index contributed by atoms with van der Waals surface area (Å²) in [6, 6.07) is 11.0. The van der Waals surface area contributed by atoms with Gasteiger partial charge in [0, 0.05) is 36.0 Å². The van der Waals surface area contributed by atoms with Gasteiger partial charge in [-0.3, -0.25) is 20.2 Å². The van der Waals surface area contributed by atoms with Crippen molar-refractivity contribution in [3.63, 3.8) is 0 Å². The molecule has 2 rings (SSSR count). The molecular weight excluding hydrogens is 274 g/mol. The Morgan fingerprint density at radius 2 is 1.67 bits per heavy atom. The van der Waals surface area contributed by atoms with Crippen LogP contribution >= 0.6 is 0 Å². The van der Waals surface area contributed by atoms with Crippen LogP contribution in [0, 0.1) is 27.2 Å². The van der Waals surface area contributed by atoms with E-state index in [4.69, 9.17) is 0 Å². The van der Waals surface area contributed by atoms with Crippen molar-refractivity contribution in [3.05, 3.63) is 73.8 Å². The van der Waals surface area contributed by atoms with Crippen LogP contribution in [0.5, 0.6) is 0 Å². The van der Waals surface area contributed by atoms with Gasteiger partial charge in [-0.2, -0.15) is 0 Å². The van der Waals surface area contributed by atoms with Crippen molar-refractivity contribution in [2.45, 2.75) is 13.5 Å². The van der Waals surface area contributed by atoms with Crippen LogP contribution in [0.4, 0.5) is 17.1 Å². The number of anilines is 1. The maximum atomic E-state index is 10.9. The van der Waals surface area contributed by atoms with Gasteiger partial charge in [0.05, 0.1) is 9.85 Å². The topological polar surface area (TPSA) is 98.3 Å². The van der Waals surface area contributed by atoms with E-state index in [9.17, 15) is 20.2 Å². The predicted molar refractivity (Wildman–Crippen MR) is 78.3 cm³/mol. The van der Waals surface area contributed by atoms with Crippen LogP contribution in [-0.4, -0.2) is 9.85 Å². The fourth-order valence-electron chi connectivity index (χ4n) is 1.95. The van der Waals surface area contributed by atoms with E-state index in [0.717, 1.165) is 5.56 Å². The molecule has 0 aliphatic rings. The molecule has 0 heterocycles. The van der Waals surface area contributed by atoms with Gasteiger partial charge in [0.2, 0.25) is 0 Å². The zero-order valence-corrected chi connectivity index (χ0v) is 11.3. The Bertz CT molecular complexity index is 683.